The van der Waals surface area contributed by atoms with E-state index >= 15 is 0 Å². The number of aliphatic carboxylic acids is 1. The van der Waals surface area contributed by atoms with Crippen molar-refractivity contribution in [2.24, 2.45) is 5.92 Å². The molecule has 4 nitrogen and oxygen atoms in total. The van der Waals surface area contributed by atoms with Crippen molar-refractivity contribution >= 4 is 57.6 Å². The van der Waals surface area contributed by atoms with E-state index in [9.17, 15) is 14.7 Å². The van der Waals surface area contributed by atoms with Crippen molar-refractivity contribution in [1.82, 2.24) is 4.90 Å². The van der Waals surface area contributed by atoms with Crippen LogP contribution in [0.4, 0.5) is 0 Å². The number of thioether (sulfide) groups is 1. The lowest BCUT2D eigenvalue weighted by Crippen LogP contribution is -2.44. The molecule has 112 valence electrons. The molecule has 1 N–H and O–H groups in total. The second kappa shape index (κ2) is 6.72. The standard InChI is InChI=1S/C14H15NO3S3/c1-8(2)6-10(13(17)18)15-12(16)11(21-14(15)19)7-9-4-3-5-20-9/h3-5,7-8,10H,6H2,1-2H3,(H,17,18)/b11-7+/t10-/m0/s1. The van der Waals surface area contributed by atoms with Crippen molar-refractivity contribution in [2.75, 3.05) is 0 Å². The van der Waals surface area contributed by atoms with Gasteiger partial charge < -0.3 is 5.11 Å². The number of hydrogen-bond acceptors (Lipinski definition) is 5. The van der Waals surface area contributed by atoms with Crippen molar-refractivity contribution in [3.8, 4) is 0 Å². The van der Waals surface area contributed by atoms with Crippen LogP contribution in [0, 0.1) is 5.92 Å². The van der Waals surface area contributed by atoms with Gasteiger partial charge in [0.2, 0.25) is 0 Å². The van der Waals surface area contributed by atoms with Crippen LogP contribution in [0.1, 0.15) is 25.1 Å². The summed E-state index contributed by atoms with van der Waals surface area (Å²) in [6, 6.07) is 2.91. The van der Waals surface area contributed by atoms with Crippen molar-refractivity contribution < 1.29 is 14.7 Å². The van der Waals surface area contributed by atoms with Crippen LogP contribution in [0.25, 0.3) is 6.08 Å². The minimum absolute atomic E-state index is 0.164. The molecule has 2 heterocycles. The van der Waals surface area contributed by atoms with E-state index in [1.807, 2.05) is 31.4 Å². The molecule has 1 aromatic heterocycles. The Hall–Kier alpha value is -1.18. The SMILES string of the molecule is CC(C)C[C@@H](C(=O)O)N1C(=O)/C(=C\c2cccs2)SC1=S. The zero-order valence-corrected chi connectivity index (χ0v) is 14.1. The summed E-state index contributed by atoms with van der Waals surface area (Å²) in [5.41, 5.74) is 0. The molecule has 1 atom stereocenters. The van der Waals surface area contributed by atoms with Gasteiger partial charge in [0.05, 0.1) is 4.91 Å². The van der Waals surface area contributed by atoms with Gasteiger partial charge in [-0.05, 0) is 29.9 Å². The summed E-state index contributed by atoms with van der Waals surface area (Å²) >= 11 is 7.89. The predicted molar refractivity (Wildman–Crippen MR) is 90.2 cm³/mol. The van der Waals surface area contributed by atoms with Gasteiger partial charge >= 0.3 is 5.97 Å². The highest BCUT2D eigenvalue weighted by molar-refractivity contribution is 8.26. The molecule has 0 unspecified atom stereocenters. The minimum atomic E-state index is -1.02. The molecule has 0 saturated carbocycles. The number of thiocarbonyl (C=S) groups is 1. The van der Waals surface area contributed by atoms with Crippen LogP contribution in [0.5, 0.6) is 0 Å². The largest absolute Gasteiger partial charge is 0.480 e. The average Bonchev–Trinajstić information content (AvgIpc) is 2.97. The van der Waals surface area contributed by atoms with Gasteiger partial charge in [-0.1, -0.05) is 43.9 Å². The predicted octanol–water partition coefficient (Wildman–Crippen LogP) is 3.45. The quantitative estimate of drug-likeness (QED) is 0.657. The number of rotatable bonds is 5. The van der Waals surface area contributed by atoms with Gasteiger partial charge in [0.25, 0.3) is 5.91 Å². The van der Waals surface area contributed by atoms with E-state index in [0.29, 0.717) is 15.6 Å². The third kappa shape index (κ3) is 3.72. The molecule has 21 heavy (non-hydrogen) atoms. The number of amides is 1. The van der Waals surface area contributed by atoms with Gasteiger partial charge in [0.1, 0.15) is 10.4 Å². The number of nitrogens with zero attached hydrogens (tertiary/aromatic N) is 1. The summed E-state index contributed by atoms with van der Waals surface area (Å²) in [5, 5.41) is 11.3. The first-order valence-electron chi connectivity index (χ1n) is 6.43. The van der Waals surface area contributed by atoms with Crippen LogP contribution in [0.2, 0.25) is 0 Å². The maximum absolute atomic E-state index is 12.5. The third-order valence-electron chi connectivity index (χ3n) is 2.93. The summed E-state index contributed by atoms with van der Waals surface area (Å²) in [6.07, 6.45) is 2.15. The van der Waals surface area contributed by atoms with Gasteiger partial charge in [0, 0.05) is 4.88 Å². The number of thiophene rings is 1. The Balaban J connectivity index is 2.27. The zero-order valence-electron chi connectivity index (χ0n) is 11.6. The smallest absolute Gasteiger partial charge is 0.326 e. The molecule has 0 aromatic carbocycles. The lowest BCUT2D eigenvalue weighted by molar-refractivity contribution is -0.145. The van der Waals surface area contributed by atoms with Crippen molar-refractivity contribution in [1.29, 1.82) is 0 Å². The Morgan fingerprint density at radius 1 is 1.52 bits per heavy atom. The Morgan fingerprint density at radius 2 is 2.24 bits per heavy atom. The second-order valence-electron chi connectivity index (χ2n) is 5.05. The van der Waals surface area contributed by atoms with Gasteiger partial charge in [0.15, 0.2) is 0 Å². The fraction of sp³-hybridized carbons (Fsp3) is 0.357. The molecule has 0 spiro atoms. The van der Waals surface area contributed by atoms with E-state index in [1.165, 1.54) is 28.0 Å². The van der Waals surface area contributed by atoms with Crippen LogP contribution < -0.4 is 0 Å². The van der Waals surface area contributed by atoms with Crippen molar-refractivity contribution in [3.05, 3.63) is 27.3 Å². The molecule has 1 fully saturated rings. The first-order chi connectivity index (χ1) is 9.90. The monoisotopic (exact) mass is 341 g/mol. The number of carbonyl (C=O) groups excluding carboxylic acids is 1. The Kier molecular flexibility index (Phi) is 5.18. The maximum Gasteiger partial charge on any atom is 0.326 e. The summed E-state index contributed by atoms with van der Waals surface area (Å²) in [6.45, 7) is 3.85. The van der Waals surface area contributed by atoms with E-state index in [2.05, 4.69) is 0 Å². The van der Waals surface area contributed by atoms with E-state index < -0.39 is 12.0 Å². The average molecular weight is 341 g/mol. The van der Waals surface area contributed by atoms with Gasteiger partial charge in [-0.2, -0.15) is 0 Å². The topological polar surface area (TPSA) is 57.6 Å². The number of carboxylic acids is 1. The molecule has 0 aliphatic carbocycles. The normalized spacial score (nSPS) is 18.8. The van der Waals surface area contributed by atoms with E-state index in [1.54, 1.807) is 6.08 Å². The number of carboxylic acid groups (broad SMARTS) is 1. The summed E-state index contributed by atoms with van der Waals surface area (Å²) in [7, 11) is 0. The lowest BCUT2D eigenvalue weighted by Gasteiger charge is -2.24. The molecule has 1 aromatic rings. The van der Waals surface area contributed by atoms with E-state index in [0.717, 1.165) is 4.88 Å². The summed E-state index contributed by atoms with van der Waals surface area (Å²) < 4.78 is 0.316. The second-order valence-corrected chi connectivity index (χ2v) is 7.71. The molecule has 7 heteroatoms. The highest BCUT2D eigenvalue weighted by Crippen LogP contribution is 2.35. The van der Waals surface area contributed by atoms with Crippen LogP contribution in [-0.2, 0) is 9.59 Å². The minimum Gasteiger partial charge on any atom is -0.480 e. The number of carbonyl (C=O) groups is 2. The van der Waals surface area contributed by atoms with Crippen molar-refractivity contribution in [2.45, 2.75) is 26.3 Å². The zero-order chi connectivity index (χ0) is 15.6. The van der Waals surface area contributed by atoms with Crippen molar-refractivity contribution in [3.63, 3.8) is 0 Å². The molecule has 0 bridgehead atoms. The fourth-order valence-electron chi connectivity index (χ4n) is 2.01. The van der Waals surface area contributed by atoms with Crippen LogP contribution >= 0.6 is 35.3 Å². The molecule has 1 aliphatic rings. The highest BCUT2D eigenvalue weighted by Gasteiger charge is 2.40. The molecular formula is C14H15NO3S3. The summed E-state index contributed by atoms with van der Waals surface area (Å²) in [5.74, 6) is -1.17. The van der Waals surface area contributed by atoms with Crippen LogP contribution in [0.3, 0.4) is 0 Å². The molecule has 2 rings (SSSR count). The Labute approximate surface area is 136 Å². The van der Waals surface area contributed by atoms with Crippen LogP contribution in [0.15, 0.2) is 22.4 Å². The Bertz CT molecular complexity index is 593. The molecule has 1 aliphatic heterocycles. The lowest BCUT2D eigenvalue weighted by atomic mass is 10.0. The maximum atomic E-state index is 12.5. The fourth-order valence-corrected chi connectivity index (χ4v) is 4.09. The summed E-state index contributed by atoms with van der Waals surface area (Å²) in [4.78, 5) is 26.6. The molecule has 1 amide bonds. The molecule has 1 saturated heterocycles. The van der Waals surface area contributed by atoms with Crippen LogP contribution in [-0.4, -0.2) is 32.2 Å². The third-order valence-corrected chi connectivity index (χ3v) is 5.08. The van der Waals surface area contributed by atoms with Gasteiger partial charge in [-0.3, -0.25) is 9.69 Å². The first-order valence-corrected chi connectivity index (χ1v) is 8.54. The first kappa shape index (κ1) is 16.2. The van der Waals surface area contributed by atoms with Gasteiger partial charge in [-0.15, -0.1) is 11.3 Å². The molecular weight excluding hydrogens is 326 g/mol. The van der Waals surface area contributed by atoms with E-state index in [4.69, 9.17) is 12.2 Å². The highest BCUT2D eigenvalue weighted by atomic mass is 32.2. The molecule has 0 radical (unpaired) electrons. The van der Waals surface area contributed by atoms with Gasteiger partial charge in [-0.25, -0.2) is 4.79 Å². The Morgan fingerprint density at radius 3 is 2.76 bits per heavy atom. The number of hydrogen-bond donors (Lipinski definition) is 1. The van der Waals surface area contributed by atoms with E-state index in [-0.39, 0.29) is 11.8 Å².